The summed E-state index contributed by atoms with van der Waals surface area (Å²) >= 11 is 0. The summed E-state index contributed by atoms with van der Waals surface area (Å²) in [4.78, 5) is 0. The predicted molar refractivity (Wildman–Crippen MR) is 66.7 cm³/mol. The molecule has 88 valence electrons. The van der Waals surface area contributed by atoms with Crippen LogP contribution in [0.1, 0.15) is 44.7 Å². The first-order valence-corrected chi connectivity index (χ1v) is 6.05. The van der Waals surface area contributed by atoms with Crippen LogP contribution in [0.5, 0.6) is 5.75 Å². The van der Waals surface area contributed by atoms with Gasteiger partial charge in [0.15, 0.2) is 0 Å². The Hall–Kier alpha value is -1.02. The second-order valence-electron chi connectivity index (χ2n) is 5.26. The zero-order valence-corrected chi connectivity index (χ0v) is 10.4. The second-order valence-corrected chi connectivity index (χ2v) is 5.26. The highest BCUT2D eigenvalue weighted by Crippen LogP contribution is 2.51. The SMILES string of the molecule is CC(C)Oc1ccc(CN)cc1C1(C)CC1. The summed E-state index contributed by atoms with van der Waals surface area (Å²) in [5.41, 5.74) is 8.55. The lowest BCUT2D eigenvalue weighted by atomic mass is 9.95. The molecule has 1 aromatic carbocycles. The van der Waals surface area contributed by atoms with Gasteiger partial charge in [-0.25, -0.2) is 0 Å². The van der Waals surface area contributed by atoms with Crippen LogP contribution in [0.15, 0.2) is 18.2 Å². The first-order chi connectivity index (χ1) is 7.55. The fourth-order valence-electron chi connectivity index (χ4n) is 1.99. The van der Waals surface area contributed by atoms with Gasteiger partial charge in [-0.3, -0.25) is 0 Å². The highest BCUT2D eigenvalue weighted by atomic mass is 16.5. The van der Waals surface area contributed by atoms with Crippen molar-refractivity contribution in [1.82, 2.24) is 0 Å². The van der Waals surface area contributed by atoms with Gasteiger partial charge in [0.1, 0.15) is 5.75 Å². The standard InChI is InChI=1S/C14H21NO/c1-10(2)16-13-5-4-11(9-15)8-12(13)14(3)6-7-14/h4-5,8,10H,6-7,9,15H2,1-3H3. The Morgan fingerprint density at radius 3 is 2.56 bits per heavy atom. The molecule has 0 aromatic heterocycles. The van der Waals surface area contributed by atoms with E-state index in [1.807, 2.05) is 0 Å². The third-order valence-electron chi connectivity index (χ3n) is 3.29. The van der Waals surface area contributed by atoms with E-state index in [0.29, 0.717) is 12.0 Å². The largest absolute Gasteiger partial charge is 0.491 e. The van der Waals surface area contributed by atoms with Crippen LogP contribution in [0, 0.1) is 0 Å². The molecule has 2 N–H and O–H groups in total. The second kappa shape index (κ2) is 4.10. The summed E-state index contributed by atoms with van der Waals surface area (Å²) in [5, 5.41) is 0. The molecule has 0 heterocycles. The van der Waals surface area contributed by atoms with Crippen molar-refractivity contribution in [2.75, 3.05) is 0 Å². The Bertz CT molecular complexity index is 380. The van der Waals surface area contributed by atoms with Crippen molar-refractivity contribution in [3.63, 3.8) is 0 Å². The van der Waals surface area contributed by atoms with Crippen molar-refractivity contribution < 1.29 is 4.74 Å². The van der Waals surface area contributed by atoms with E-state index in [1.165, 1.54) is 24.0 Å². The highest BCUT2D eigenvalue weighted by Gasteiger charge is 2.41. The number of ether oxygens (including phenoxy) is 1. The van der Waals surface area contributed by atoms with Gasteiger partial charge in [-0.1, -0.05) is 19.1 Å². The third kappa shape index (κ3) is 2.22. The zero-order valence-electron chi connectivity index (χ0n) is 10.4. The van der Waals surface area contributed by atoms with Crippen LogP contribution < -0.4 is 10.5 Å². The number of benzene rings is 1. The molecule has 0 amide bonds. The molecule has 1 fully saturated rings. The van der Waals surface area contributed by atoms with Crippen molar-refractivity contribution in [1.29, 1.82) is 0 Å². The van der Waals surface area contributed by atoms with Crippen LogP contribution in [-0.4, -0.2) is 6.10 Å². The molecule has 2 rings (SSSR count). The molecule has 1 aromatic rings. The maximum atomic E-state index is 5.87. The van der Waals surface area contributed by atoms with Gasteiger partial charge in [-0.2, -0.15) is 0 Å². The van der Waals surface area contributed by atoms with Crippen molar-refractivity contribution in [2.45, 2.75) is 51.7 Å². The molecule has 0 aliphatic heterocycles. The van der Waals surface area contributed by atoms with Crippen LogP contribution in [0.2, 0.25) is 0 Å². The zero-order chi connectivity index (χ0) is 11.8. The van der Waals surface area contributed by atoms with Crippen LogP contribution in [0.3, 0.4) is 0 Å². The summed E-state index contributed by atoms with van der Waals surface area (Å²) in [7, 11) is 0. The summed E-state index contributed by atoms with van der Waals surface area (Å²) in [5.74, 6) is 1.03. The van der Waals surface area contributed by atoms with Gasteiger partial charge in [0.25, 0.3) is 0 Å². The molecule has 0 spiro atoms. The molecule has 0 atom stereocenters. The molecule has 0 unspecified atom stereocenters. The molecule has 1 saturated carbocycles. The van der Waals surface area contributed by atoms with E-state index in [4.69, 9.17) is 10.5 Å². The normalized spacial score (nSPS) is 17.6. The Morgan fingerprint density at radius 2 is 2.06 bits per heavy atom. The minimum absolute atomic E-state index is 0.227. The highest BCUT2D eigenvalue weighted by molar-refractivity contribution is 5.45. The van der Waals surface area contributed by atoms with Crippen LogP contribution in [0.25, 0.3) is 0 Å². The topological polar surface area (TPSA) is 35.2 Å². The summed E-state index contributed by atoms with van der Waals surface area (Å²) in [6, 6.07) is 6.35. The van der Waals surface area contributed by atoms with E-state index in [-0.39, 0.29) is 6.10 Å². The average molecular weight is 219 g/mol. The summed E-state index contributed by atoms with van der Waals surface area (Å²) in [6.07, 6.45) is 2.75. The molecule has 16 heavy (non-hydrogen) atoms. The fourth-order valence-corrected chi connectivity index (χ4v) is 1.99. The van der Waals surface area contributed by atoms with E-state index in [0.717, 1.165) is 5.75 Å². The molecule has 0 saturated heterocycles. The average Bonchev–Trinajstić information content (AvgIpc) is 2.97. The fraction of sp³-hybridized carbons (Fsp3) is 0.571. The lowest BCUT2D eigenvalue weighted by Gasteiger charge is -2.19. The molecule has 1 aliphatic rings. The summed E-state index contributed by atoms with van der Waals surface area (Å²) in [6.45, 7) is 7.03. The molecule has 2 heteroatoms. The van der Waals surface area contributed by atoms with E-state index in [9.17, 15) is 0 Å². The maximum absolute atomic E-state index is 5.87. The number of hydrogen-bond donors (Lipinski definition) is 1. The van der Waals surface area contributed by atoms with E-state index < -0.39 is 0 Å². The van der Waals surface area contributed by atoms with Crippen LogP contribution >= 0.6 is 0 Å². The Labute approximate surface area is 97.8 Å². The number of rotatable bonds is 4. The van der Waals surface area contributed by atoms with Gasteiger partial charge in [0.2, 0.25) is 0 Å². The monoisotopic (exact) mass is 219 g/mol. The molecule has 0 bridgehead atoms. The van der Waals surface area contributed by atoms with Gasteiger partial charge in [-0.05, 0) is 43.7 Å². The first-order valence-electron chi connectivity index (χ1n) is 6.05. The van der Waals surface area contributed by atoms with Crippen molar-refractivity contribution in [3.05, 3.63) is 29.3 Å². The molecule has 2 nitrogen and oxygen atoms in total. The van der Waals surface area contributed by atoms with Gasteiger partial charge >= 0.3 is 0 Å². The minimum atomic E-state index is 0.227. The minimum Gasteiger partial charge on any atom is -0.491 e. The van der Waals surface area contributed by atoms with Gasteiger partial charge in [0.05, 0.1) is 6.10 Å². The molecular weight excluding hydrogens is 198 g/mol. The van der Waals surface area contributed by atoms with Crippen molar-refractivity contribution in [2.24, 2.45) is 5.73 Å². The Balaban J connectivity index is 2.36. The van der Waals surface area contributed by atoms with Gasteiger partial charge in [0, 0.05) is 12.1 Å². The quantitative estimate of drug-likeness (QED) is 0.845. The van der Waals surface area contributed by atoms with Crippen molar-refractivity contribution >= 4 is 0 Å². The van der Waals surface area contributed by atoms with E-state index >= 15 is 0 Å². The smallest absolute Gasteiger partial charge is 0.123 e. The van der Waals surface area contributed by atoms with Gasteiger partial charge < -0.3 is 10.5 Å². The Kier molecular flexibility index (Phi) is 2.94. The molecule has 1 aliphatic carbocycles. The van der Waals surface area contributed by atoms with E-state index in [1.54, 1.807) is 0 Å². The predicted octanol–water partition coefficient (Wildman–Crippen LogP) is 2.98. The van der Waals surface area contributed by atoms with Crippen molar-refractivity contribution in [3.8, 4) is 5.75 Å². The lowest BCUT2D eigenvalue weighted by Crippen LogP contribution is -2.12. The molecular formula is C14H21NO. The maximum Gasteiger partial charge on any atom is 0.123 e. The number of nitrogens with two attached hydrogens (primary N) is 1. The first kappa shape index (κ1) is 11.5. The lowest BCUT2D eigenvalue weighted by molar-refractivity contribution is 0.238. The van der Waals surface area contributed by atoms with Crippen LogP contribution in [-0.2, 0) is 12.0 Å². The Morgan fingerprint density at radius 1 is 1.38 bits per heavy atom. The van der Waals surface area contributed by atoms with Crippen LogP contribution in [0.4, 0.5) is 0 Å². The van der Waals surface area contributed by atoms with E-state index in [2.05, 4.69) is 39.0 Å². The summed E-state index contributed by atoms with van der Waals surface area (Å²) < 4.78 is 5.87. The third-order valence-corrected chi connectivity index (χ3v) is 3.29. The van der Waals surface area contributed by atoms with Gasteiger partial charge in [-0.15, -0.1) is 0 Å². The number of hydrogen-bond acceptors (Lipinski definition) is 2. The molecule has 0 radical (unpaired) electrons.